The summed E-state index contributed by atoms with van der Waals surface area (Å²) in [7, 11) is 0. The number of ether oxygens (including phenoxy) is 2. The predicted molar refractivity (Wildman–Crippen MR) is 126 cm³/mol. The predicted octanol–water partition coefficient (Wildman–Crippen LogP) is 6.63. The second-order valence-electron chi connectivity index (χ2n) is 9.60. The van der Waals surface area contributed by atoms with E-state index in [-0.39, 0.29) is 17.6 Å². The molecule has 1 aliphatic rings. The first kappa shape index (κ1) is 22.6. The van der Waals surface area contributed by atoms with Crippen LogP contribution in [0.1, 0.15) is 63.8 Å². The average Bonchev–Trinajstić information content (AvgIpc) is 3.41. The van der Waals surface area contributed by atoms with Crippen LogP contribution in [-0.4, -0.2) is 16.2 Å². The van der Waals surface area contributed by atoms with Gasteiger partial charge in [-0.15, -0.1) is 0 Å². The van der Waals surface area contributed by atoms with Crippen LogP contribution in [0.25, 0.3) is 22.8 Å². The van der Waals surface area contributed by atoms with E-state index >= 15 is 0 Å². The number of benzene rings is 2. The van der Waals surface area contributed by atoms with Gasteiger partial charge >= 0.3 is 0 Å². The highest BCUT2D eigenvalue weighted by molar-refractivity contribution is 5.67. The fourth-order valence-electron chi connectivity index (χ4n) is 3.85. The van der Waals surface area contributed by atoms with Crippen LogP contribution in [0.2, 0.25) is 0 Å². The zero-order valence-corrected chi connectivity index (χ0v) is 19.8. The lowest BCUT2D eigenvalue weighted by molar-refractivity contribution is 0.0784. The summed E-state index contributed by atoms with van der Waals surface area (Å²) in [5.41, 5.74) is 4.26. The van der Waals surface area contributed by atoms with E-state index in [0.29, 0.717) is 28.6 Å². The van der Waals surface area contributed by atoms with Gasteiger partial charge in [-0.3, -0.25) is 0 Å². The van der Waals surface area contributed by atoms with Crippen LogP contribution in [-0.2, 0) is 11.2 Å². The molecule has 0 aliphatic heterocycles. The zero-order chi connectivity index (χ0) is 23.8. The third-order valence-electron chi connectivity index (χ3n) is 5.71. The molecule has 0 radical (unpaired) electrons. The summed E-state index contributed by atoms with van der Waals surface area (Å²) in [6.07, 6.45) is 1.71. The fourth-order valence-corrected chi connectivity index (χ4v) is 3.85. The van der Waals surface area contributed by atoms with Crippen molar-refractivity contribution in [1.29, 1.82) is 5.26 Å². The molecule has 0 saturated carbocycles. The lowest BCUT2D eigenvalue weighted by atomic mass is 9.94. The molecule has 0 saturated heterocycles. The van der Waals surface area contributed by atoms with E-state index in [1.807, 2.05) is 32.0 Å². The van der Waals surface area contributed by atoms with Gasteiger partial charge in [-0.2, -0.15) is 10.2 Å². The van der Waals surface area contributed by atoms with Crippen molar-refractivity contribution in [2.75, 3.05) is 0 Å². The molecule has 1 aliphatic carbocycles. The normalized spacial score (nSPS) is 15.2. The Labute approximate surface area is 194 Å². The van der Waals surface area contributed by atoms with Gasteiger partial charge in [0.05, 0.1) is 17.4 Å². The monoisotopic (exact) mass is 443 g/mol. The number of nitrogens with zero attached hydrogens (tertiary/aromatic N) is 3. The van der Waals surface area contributed by atoms with Gasteiger partial charge in [0.2, 0.25) is 5.82 Å². The Hall–Kier alpha value is -3.59. The Kier molecular flexibility index (Phi) is 5.99. The van der Waals surface area contributed by atoms with E-state index in [4.69, 9.17) is 14.0 Å². The van der Waals surface area contributed by atoms with Crippen LogP contribution < -0.4 is 4.74 Å². The molecule has 6 nitrogen and oxygen atoms in total. The van der Waals surface area contributed by atoms with Crippen LogP contribution in [0.3, 0.4) is 0 Å². The number of hydrogen-bond donors (Lipinski definition) is 0. The maximum atomic E-state index is 9.51. The first-order chi connectivity index (χ1) is 15.7. The summed E-state index contributed by atoms with van der Waals surface area (Å²) in [4.78, 5) is 4.63. The van der Waals surface area contributed by atoms with Crippen LogP contribution in [0.4, 0.5) is 0 Å². The van der Waals surface area contributed by atoms with Crippen molar-refractivity contribution < 1.29 is 14.0 Å². The molecule has 1 aromatic heterocycles. The summed E-state index contributed by atoms with van der Waals surface area (Å²) in [6, 6.07) is 13.6. The first-order valence-electron chi connectivity index (χ1n) is 11.2. The Morgan fingerprint density at radius 3 is 2.73 bits per heavy atom. The molecule has 4 rings (SSSR count). The van der Waals surface area contributed by atoms with Gasteiger partial charge in [-0.05, 0) is 56.0 Å². The lowest BCUT2D eigenvalue weighted by Crippen LogP contribution is -2.13. The number of hydrogen-bond acceptors (Lipinski definition) is 6. The van der Waals surface area contributed by atoms with Crippen molar-refractivity contribution >= 4 is 0 Å². The number of allylic oxidation sites excluding steroid dienone is 1. The highest BCUT2D eigenvalue weighted by Gasteiger charge is 2.30. The van der Waals surface area contributed by atoms with Gasteiger partial charge < -0.3 is 14.0 Å². The topological polar surface area (TPSA) is 81.2 Å². The minimum absolute atomic E-state index is 0.0218. The highest BCUT2D eigenvalue weighted by Crippen LogP contribution is 2.42. The smallest absolute Gasteiger partial charge is 0.258 e. The van der Waals surface area contributed by atoms with Crippen molar-refractivity contribution in [3.63, 3.8) is 0 Å². The zero-order valence-electron chi connectivity index (χ0n) is 19.8. The molecule has 0 fully saturated rings. The van der Waals surface area contributed by atoms with E-state index in [0.717, 1.165) is 29.7 Å². The summed E-state index contributed by atoms with van der Waals surface area (Å²) in [6.45, 7) is 14.3. The van der Waals surface area contributed by atoms with E-state index in [1.54, 1.807) is 12.1 Å². The molecule has 2 aromatic carbocycles. The minimum Gasteiger partial charge on any atom is -0.490 e. The Morgan fingerprint density at radius 1 is 1.24 bits per heavy atom. The average molecular weight is 444 g/mol. The van der Waals surface area contributed by atoms with Crippen LogP contribution >= 0.6 is 0 Å². The molecule has 0 amide bonds. The van der Waals surface area contributed by atoms with E-state index < -0.39 is 0 Å². The molecule has 3 aromatic rings. The molecular weight excluding hydrogens is 414 g/mol. The van der Waals surface area contributed by atoms with Crippen molar-refractivity contribution in [1.82, 2.24) is 10.1 Å². The van der Waals surface area contributed by atoms with E-state index in [2.05, 4.69) is 49.6 Å². The molecule has 170 valence electrons. The Bertz CT molecular complexity index is 1230. The summed E-state index contributed by atoms with van der Waals surface area (Å²) in [5.74, 6) is 2.21. The Balaban J connectivity index is 1.62. The van der Waals surface area contributed by atoms with Crippen LogP contribution in [0, 0.1) is 16.7 Å². The molecule has 1 heterocycles. The highest BCUT2D eigenvalue weighted by atomic mass is 16.5. The SMILES string of the molecule is C=C(O[C@@H]1CCc2c(-c3noc(-c4ccc(OC(C)C)c(C#N)c4)n3)cccc21)C(C)(C)C. The maximum Gasteiger partial charge on any atom is 0.258 e. The quantitative estimate of drug-likeness (QED) is 0.398. The van der Waals surface area contributed by atoms with Crippen molar-refractivity contribution in [2.45, 2.75) is 59.7 Å². The lowest BCUT2D eigenvalue weighted by Gasteiger charge is -2.26. The van der Waals surface area contributed by atoms with Crippen molar-refractivity contribution in [3.05, 3.63) is 65.4 Å². The standard InChI is InChI=1S/C27H29N3O3/c1-16(2)31-23-12-10-18(14-19(23)15-28)26-29-25(30-33-26)22-9-7-8-21-20(22)11-13-24(21)32-17(3)27(4,5)6/h7-10,12,14,16,24H,3,11,13H2,1-2,4-6H3/t24-/m1/s1. The molecule has 0 spiro atoms. The van der Waals surface area contributed by atoms with E-state index in [9.17, 15) is 5.26 Å². The minimum atomic E-state index is -0.110. The van der Waals surface area contributed by atoms with Gasteiger partial charge in [0.1, 0.15) is 17.9 Å². The fraction of sp³-hybridized carbons (Fsp3) is 0.370. The van der Waals surface area contributed by atoms with Crippen LogP contribution in [0.5, 0.6) is 5.75 Å². The summed E-state index contributed by atoms with van der Waals surface area (Å²) >= 11 is 0. The van der Waals surface area contributed by atoms with Gasteiger partial charge in [0.15, 0.2) is 0 Å². The van der Waals surface area contributed by atoms with Crippen molar-refractivity contribution in [2.24, 2.45) is 5.41 Å². The van der Waals surface area contributed by atoms with Gasteiger partial charge in [-0.25, -0.2) is 0 Å². The van der Waals surface area contributed by atoms with Crippen LogP contribution in [0.15, 0.2) is 53.3 Å². The third-order valence-corrected chi connectivity index (χ3v) is 5.71. The largest absolute Gasteiger partial charge is 0.490 e. The first-order valence-corrected chi connectivity index (χ1v) is 11.2. The van der Waals surface area contributed by atoms with Gasteiger partial charge in [0, 0.05) is 16.5 Å². The second kappa shape index (κ2) is 8.74. The summed E-state index contributed by atoms with van der Waals surface area (Å²) in [5, 5.41) is 13.7. The molecule has 0 bridgehead atoms. The Morgan fingerprint density at radius 2 is 2.03 bits per heavy atom. The molecule has 1 atom stereocenters. The van der Waals surface area contributed by atoms with Crippen molar-refractivity contribution in [3.8, 4) is 34.7 Å². The number of fused-ring (bicyclic) bond motifs is 1. The second-order valence-corrected chi connectivity index (χ2v) is 9.60. The maximum absolute atomic E-state index is 9.51. The van der Waals surface area contributed by atoms with E-state index in [1.165, 1.54) is 5.56 Å². The molecule has 6 heteroatoms. The third kappa shape index (κ3) is 4.63. The van der Waals surface area contributed by atoms with Gasteiger partial charge in [-0.1, -0.05) is 50.7 Å². The summed E-state index contributed by atoms with van der Waals surface area (Å²) < 4.78 is 17.5. The van der Waals surface area contributed by atoms with Gasteiger partial charge in [0.25, 0.3) is 5.89 Å². The molecule has 0 unspecified atom stereocenters. The number of aromatic nitrogens is 2. The molecule has 0 N–H and O–H groups in total. The molecular formula is C27H29N3O3. The molecule has 33 heavy (non-hydrogen) atoms. The number of nitriles is 1. The number of rotatable bonds is 6.